The summed E-state index contributed by atoms with van der Waals surface area (Å²) in [6.45, 7) is 9.09. The Balaban J connectivity index is 1.65. The summed E-state index contributed by atoms with van der Waals surface area (Å²) in [6, 6.07) is 8.55. The van der Waals surface area contributed by atoms with E-state index < -0.39 is 0 Å². The monoisotopic (exact) mass is 417 g/mol. The lowest BCUT2D eigenvalue weighted by molar-refractivity contribution is -0.129. The molecule has 1 saturated heterocycles. The Morgan fingerprint density at radius 2 is 1.97 bits per heavy atom. The molecule has 2 heterocycles. The Kier molecular flexibility index (Phi) is 8.01. The van der Waals surface area contributed by atoms with Crippen molar-refractivity contribution in [2.24, 2.45) is 5.92 Å². The number of piperidine rings is 1. The molecular weight excluding hydrogens is 382 g/mol. The molecule has 0 aliphatic carbocycles. The van der Waals surface area contributed by atoms with Crippen LogP contribution in [0, 0.1) is 5.92 Å². The number of benzene rings is 1. The maximum absolute atomic E-state index is 13.3. The van der Waals surface area contributed by atoms with Crippen LogP contribution < -0.4 is 10.2 Å². The molecule has 0 aromatic heterocycles. The number of likely N-dealkylation sites (tertiary alicyclic amines) is 1. The molecule has 160 valence electrons. The minimum Gasteiger partial charge on any atom is -0.356 e. The number of nitrogens with one attached hydrogen (secondary N) is 1. The fourth-order valence-corrected chi connectivity index (χ4v) is 5.26. The summed E-state index contributed by atoms with van der Waals surface area (Å²) in [7, 11) is 0. The van der Waals surface area contributed by atoms with Crippen molar-refractivity contribution in [2.45, 2.75) is 69.1 Å². The molecule has 1 aromatic rings. The standard InChI is InChI=1S/C23H35N3O2S/c1-4-5-13-24-23(28)19-11-10-17(2)25(15-19)16-22(27)26-14-12-18(3)29-21-9-7-6-8-20(21)26/h6-9,17-19H,4-5,10-16H2,1-3H3,(H,24,28). The summed E-state index contributed by atoms with van der Waals surface area (Å²) in [6.07, 6.45) is 4.95. The third-order valence-electron chi connectivity index (χ3n) is 6.09. The van der Waals surface area contributed by atoms with Gasteiger partial charge in [0.05, 0.1) is 18.2 Å². The van der Waals surface area contributed by atoms with Gasteiger partial charge in [-0.05, 0) is 44.7 Å². The highest BCUT2D eigenvalue weighted by Gasteiger charge is 2.32. The molecular formula is C23H35N3O2S. The lowest BCUT2D eigenvalue weighted by Gasteiger charge is -2.38. The van der Waals surface area contributed by atoms with Gasteiger partial charge >= 0.3 is 0 Å². The number of carbonyl (C=O) groups excluding carboxylic acids is 2. The number of amides is 2. The van der Waals surface area contributed by atoms with Gasteiger partial charge in [-0.2, -0.15) is 0 Å². The molecule has 1 aromatic carbocycles. The number of carbonyl (C=O) groups is 2. The van der Waals surface area contributed by atoms with Crippen molar-refractivity contribution in [3.63, 3.8) is 0 Å². The van der Waals surface area contributed by atoms with E-state index in [9.17, 15) is 9.59 Å². The number of rotatable bonds is 6. The molecule has 2 amide bonds. The van der Waals surface area contributed by atoms with E-state index in [4.69, 9.17) is 0 Å². The molecule has 0 radical (unpaired) electrons. The molecule has 0 spiro atoms. The number of para-hydroxylation sites is 1. The molecule has 1 N–H and O–H groups in total. The van der Waals surface area contributed by atoms with E-state index in [0.717, 1.165) is 50.9 Å². The Morgan fingerprint density at radius 3 is 2.76 bits per heavy atom. The summed E-state index contributed by atoms with van der Waals surface area (Å²) in [4.78, 5) is 31.2. The fourth-order valence-electron chi connectivity index (χ4n) is 4.15. The van der Waals surface area contributed by atoms with E-state index in [1.807, 2.05) is 28.8 Å². The van der Waals surface area contributed by atoms with Crippen LogP contribution in [0.4, 0.5) is 5.69 Å². The van der Waals surface area contributed by atoms with Gasteiger partial charge in [0, 0.05) is 35.8 Å². The molecule has 1 fully saturated rings. The zero-order valence-corrected chi connectivity index (χ0v) is 18.8. The van der Waals surface area contributed by atoms with Crippen LogP contribution in [0.1, 0.15) is 52.9 Å². The summed E-state index contributed by atoms with van der Waals surface area (Å²) < 4.78 is 0. The van der Waals surface area contributed by atoms with Crippen molar-refractivity contribution < 1.29 is 9.59 Å². The molecule has 0 saturated carbocycles. The van der Waals surface area contributed by atoms with Gasteiger partial charge in [-0.25, -0.2) is 0 Å². The van der Waals surface area contributed by atoms with E-state index >= 15 is 0 Å². The highest BCUT2D eigenvalue weighted by Crippen LogP contribution is 2.37. The van der Waals surface area contributed by atoms with Gasteiger partial charge in [0.1, 0.15) is 0 Å². The molecule has 0 bridgehead atoms. The fraction of sp³-hybridized carbons (Fsp3) is 0.652. The maximum atomic E-state index is 13.3. The van der Waals surface area contributed by atoms with Crippen LogP contribution in [0.15, 0.2) is 29.2 Å². The minimum absolute atomic E-state index is 0.0112. The molecule has 5 nitrogen and oxygen atoms in total. The summed E-state index contributed by atoms with van der Waals surface area (Å²) in [5.41, 5.74) is 1.03. The average Bonchev–Trinajstić information content (AvgIpc) is 2.87. The van der Waals surface area contributed by atoms with Gasteiger partial charge in [0.2, 0.25) is 11.8 Å². The lowest BCUT2D eigenvalue weighted by Crippen LogP contribution is -2.51. The van der Waals surface area contributed by atoms with E-state index in [1.54, 1.807) is 0 Å². The average molecular weight is 418 g/mol. The summed E-state index contributed by atoms with van der Waals surface area (Å²) in [5, 5.41) is 3.57. The normalized spacial score (nSPS) is 25.2. The molecule has 2 aliphatic rings. The second-order valence-electron chi connectivity index (χ2n) is 8.43. The van der Waals surface area contributed by atoms with Gasteiger partial charge in [-0.15, -0.1) is 11.8 Å². The van der Waals surface area contributed by atoms with Crippen molar-refractivity contribution >= 4 is 29.3 Å². The molecule has 3 rings (SSSR count). The Hall–Kier alpha value is -1.53. The van der Waals surface area contributed by atoms with Gasteiger partial charge in [-0.1, -0.05) is 32.4 Å². The van der Waals surface area contributed by atoms with Crippen molar-refractivity contribution in [3.8, 4) is 0 Å². The highest BCUT2D eigenvalue weighted by molar-refractivity contribution is 8.00. The predicted octanol–water partition coefficient (Wildman–Crippen LogP) is 3.92. The van der Waals surface area contributed by atoms with Gasteiger partial charge < -0.3 is 10.2 Å². The molecule has 3 atom stereocenters. The third-order valence-corrected chi connectivity index (χ3v) is 7.33. The SMILES string of the molecule is CCCCNC(=O)C1CCC(C)N(CC(=O)N2CCC(C)Sc3ccccc32)C1. The Morgan fingerprint density at radius 1 is 1.17 bits per heavy atom. The number of anilines is 1. The van der Waals surface area contributed by atoms with E-state index in [1.165, 1.54) is 4.90 Å². The minimum atomic E-state index is -0.0112. The zero-order chi connectivity index (χ0) is 20.8. The second kappa shape index (κ2) is 10.5. The Labute approximate surface area is 179 Å². The van der Waals surface area contributed by atoms with Crippen LogP contribution in [0.25, 0.3) is 0 Å². The summed E-state index contributed by atoms with van der Waals surface area (Å²) >= 11 is 1.85. The Bertz CT molecular complexity index is 711. The second-order valence-corrected chi connectivity index (χ2v) is 9.91. The van der Waals surface area contributed by atoms with E-state index in [2.05, 4.69) is 43.1 Å². The topological polar surface area (TPSA) is 52.7 Å². The van der Waals surface area contributed by atoms with Crippen molar-refractivity contribution in [1.82, 2.24) is 10.2 Å². The summed E-state index contributed by atoms with van der Waals surface area (Å²) in [5.74, 6) is 0.280. The van der Waals surface area contributed by atoms with Crippen molar-refractivity contribution in [3.05, 3.63) is 24.3 Å². The van der Waals surface area contributed by atoms with E-state index in [0.29, 0.717) is 24.4 Å². The van der Waals surface area contributed by atoms with E-state index in [-0.39, 0.29) is 17.7 Å². The maximum Gasteiger partial charge on any atom is 0.241 e. The smallest absolute Gasteiger partial charge is 0.241 e. The first-order valence-corrected chi connectivity index (χ1v) is 11.9. The molecule has 6 heteroatoms. The predicted molar refractivity (Wildman–Crippen MR) is 120 cm³/mol. The van der Waals surface area contributed by atoms with Crippen LogP contribution in [0.2, 0.25) is 0 Å². The molecule has 2 aliphatic heterocycles. The van der Waals surface area contributed by atoms with Gasteiger partial charge in [0.25, 0.3) is 0 Å². The third kappa shape index (κ3) is 5.76. The quantitative estimate of drug-likeness (QED) is 0.713. The lowest BCUT2D eigenvalue weighted by atomic mass is 9.92. The largest absolute Gasteiger partial charge is 0.356 e. The van der Waals surface area contributed by atoms with Crippen molar-refractivity contribution in [1.29, 1.82) is 0 Å². The number of thioether (sulfide) groups is 1. The van der Waals surface area contributed by atoms with Crippen LogP contribution >= 0.6 is 11.8 Å². The van der Waals surface area contributed by atoms with Crippen LogP contribution in [-0.4, -0.2) is 54.2 Å². The first kappa shape index (κ1) is 22.2. The zero-order valence-electron chi connectivity index (χ0n) is 18.0. The first-order chi connectivity index (χ1) is 14.0. The van der Waals surface area contributed by atoms with Crippen LogP contribution in [0.3, 0.4) is 0 Å². The number of hydrogen-bond donors (Lipinski definition) is 1. The number of hydrogen-bond acceptors (Lipinski definition) is 4. The van der Waals surface area contributed by atoms with Crippen LogP contribution in [-0.2, 0) is 9.59 Å². The molecule has 29 heavy (non-hydrogen) atoms. The number of unbranched alkanes of at least 4 members (excludes halogenated alkanes) is 1. The highest BCUT2D eigenvalue weighted by atomic mass is 32.2. The first-order valence-electron chi connectivity index (χ1n) is 11.1. The number of nitrogens with zero attached hydrogens (tertiary/aromatic N) is 2. The van der Waals surface area contributed by atoms with Crippen molar-refractivity contribution in [2.75, 3.05) is 31.1 Å². The number of fused-ring (bicyclic) bond motifs is 1. The van der Waals surface area contributed by atoms with Gasteiger partial charge in [0.15, 0.2) is 0 Å². The van der Waals surface area contributed by atoms with Gasteiger partial charge in [-0.3, -0.25) is 14.5 Å². The molecule has 3 unspecified atom stereocenters. The van der Waals surface area contributed by atoms with Crippen LogP contribution in [0.5, 0.6) is 0 Å².